The number of carbonyl (C=O) groups excluding carboxylic acids is 1. The summed E-state index contributed by atoms with van der Waals surface area (Å²) in [5.74, 6) is -0.0205. The van der Waals surface area contributed by atoms with Crippen LogP contribution in [0.4, 0.5) is 0 Å². The van der Waals surface area contributed by atoms with Gasteiger partial charge in [0.25, 0.3) is 5.91 Å². The zero-order valence-corrected chi connectivity index (χ0v) is 19.8. The normalized spacial score (nSPS) is 16.9. The lowest BCUT2D eigenvalue weighted by Crippen LogP contribution is -2.34. The van der Waals surface area contributed by atoms with Crippen molar-refractivity contribution in [2.75, 3.05) is 6.61 Å². The lowest BCUT2D eigenvalue weighted by atomic mass is 10.1. The molecule has 0 radical (unpaired) electrons. The molecule has 4 heterocycles. The van der Waals surface area contributed by atoms with Gasteiger partial charge in [-0.1, -0.05) is 26.7 Å². The molecule has 0 saturated carbocycles. The van der Waals surface area contributed by atoms with Crippen LogP contribution in [0.1, 0.15) is 74.7 Å². The zero-order chi connectivity index (χ0) is 22.5. The van der Waals surface area contributed by atoms with Gasteiger partial charge in [0.15, 0.2) is 0 Å². The molecule has 170 valence electrons. The van der Waals surface area contributed by atoms with Gasteiger partial charge >= 0.3 is 0 Å². The molecular formula is C24H31N5O2S. The first kappa shape index (κ1) is 22.6. The smallest absolute Gasteiger partial charge is 0.253 e. The third-order valence-electron chi connectivity index (χ3n) is 6.01. The molecule has 0 aromatic carbocycles. The van der Waals surface area contributed by atoms with Crippen LogP contribution < -0.4 is 5.32 Å². The van der Waals surface area contributed by atoms with Crippen LogP contribution in [0.25, 0.3) is 22.1 Å². The first-order valence-corrected chi connectivity index (χ1v) is 12.4. The fraction of sp³-hybridized carbons (Fsp3) is 0.500. The summed E-state index contributed by atoms with van der Waals surface area (Å²) >= 11 is 1.53. The van der Waals surface area contributed by atoms with E-state index in [-0.39, 0.29) is 18.2 Å². The highest BCUT2D eigenvalue weighted by molar-refractivity contribution is 7.13. The van der Waals surface area contributed by atoms with E-state index in [1.165, 1.54) is 11.3 Å². The number of hydrogen-bond donors (Lipinski definition) is 1. The summed E-state index contributed by atoms with van der Waals surface area (Å²) in [6, 6.07) is 2.16. The van der Waals surface area contributed by atoms with Crippen LogP contribution in [0.5, 0.6) is 0 Å². The van der Waals surface area contributed by atoms with Gasteiger partial charge in [-0.15, -0.1) is 11.3 Å². The Labute approximate surface area is 193 Å². The maximum atomic E-state index is 13.2. The molecule has 1 aliphatic heterocycles. The topological polar surface area (TPSA) is 81.9 Å². The Kier molecular flexibility index (Phi) is 7.32. The molecule has 2 unspecified atom stereocenters. The van der Waals surface area contributed by atoms with Crippen molar-refractivity contribution < 1.29 is 9.53 Å². The summed E-state index contributed by atoms with van der Waals surface area (Å²) < 4.78 is 8.15. The Morgan fingerprint density at radius 1 is 1.34 bits per heavy atom. The van der Waals surface area contributed by atoms with Gasteiger partial charge in [-0.25, -0.2) is 4.98 Å². The summed E-state index contributed by atoms with van der Waals surface area (Å²) in [6.45, 7) is 7.04. The summed E-state index contributed by atoms with van der Waals surface area (Å²) in [5, 5.41) is 6.07. The van der Waals surface area contributed by atoms with Gasteiger partial charge in [-0.2, -0.15) is 0 Å². The fourth-order valence-corrected chi connectivity index (χ4v) is 4.97. The minimum Gasteiger partial charge on any atom is -0.358 e. The average Bonchev–Trinajstić information content (AvgIpc) is 3.56. The minimum absolute atomic E-state index is 0.0205. The Morgan fingerprint density at radius 3 is 2.91 bits per heavy atom. The number of nitrogens with zero attached hydrogens (tertiary/aromatic N) is 4. The van der Waals surface area contributed by atoms with Crippen molar-refractivity contribution in [2.24, 2.45) is 0 Å². The van der Waals surface area contributed by atoms with Crippen molar-refractivity contribution in [2.45, 2.75) is 71.6 Å². The van der Waals surface area contributed by atoms with Gasteiger partial charge in [0.05, 0.1) is 23.1 Å². The SMILES string of the molecule is CCCCC(CC)NC(=O)c1cc(-c2csc(-c3cnccn3)n2)n(C2CCCO2)c1C. The largest absolute Gasteiger partial charge is 0.358 e. The molecule has 3 aromatic rings. The molecule has 1 saturated heterocycles. The second-order valence-electron chi connectivity index (χ2n) is 8.22. The Hall–Kier alpha value is -2.58. The molecule has 8 heteroatoms. The van der Waals surface area contributed by atoms with Crippen LogP contribution in [0.3, 0.4) is 0 Å². The second kappa shape index (κ2) is 10.4. The van der Waals surface area contributed by atoms with E-state index in [2.05, 4.69) is 33.7 Å². The van der Waals surface area contributed by atoms with E-state index < -0.39 is 0 Å². The van der Waals surface area contributed by atoms with E-state index in [0.717, 1.165) is 72.9 Å². The quantitative estimate of drug-likeness (QED) is 0.470. The average molecular weight is 454 g/mol. The van der Waals surface area contributed by atoms with E-state index in [9.17, 15) is 4.79 Å². The van der Waals surface area contributed by atoms with E-state index in [0.29, 0.717) is 5.56 Å². The van der Waals surface area contributed by atoms with E-state index in [1.54, 1.807) is 18.6 Å². The molecule has 0 spiro atoms. The number of amides is 1. The molecule has 1 N–H and O–H groups in total. The Balaban J connectivity index is 1.68. The van der Waals surface area contributed by atoms with E-state index >= 15 is 0 Å². The first-order valence-electron chi connectivity index (χ1n) is 11.5. The summed E-state index contributed by atoms with van der Waals surface area (Å²) in [4.78, 5) is 26.6. The highest BCUT2D eigenvalue weighted by atomic mass is 32.1. The van der Waals surface area contributed by atoms with Crippen LogP contribution in [-0.4, -0.2) is 38.1 Å². The predicted octanol–water partition coefficient (Wildman–Crippen LogP) is 5.38. The molecule has 0 bridgehead atoms. The van der Waals surface area contributed by atoms with E-state index in [1.807, 2.05) is 18.4 Å². The molecule has 1 aliphatic rings. The number of aromatic nitrogens is 4. The standard InChI is InChI=1S/C24H31N5O2S/c1-4-6-8-17(5-2)27-23(30)18-13-21(29(16(18)3)22-9-7-12-31-22)20-15-32-24(28-20)19-14-25-10-11-26-19/h10-11,13-15,17,22H,4-9,12H2,1-3H3,(H,27,30). The highest BCUT2D eigenvalue weighted by Crippen LogP contribution is 2.36. The van der Waals surface area contributed by atoms with Crippen LogP contribution in [0, 0.1) is 6.92 Å². The lowest BCUT2D eigenvalue weighted by molar-refractivity contribution is 0.0565. The number of carbonyl (C=O) groups is 1. The van der Waals surface area contributed by atoms with Gasteiger partial charge in [-0.3, -0.25) is 14.8 Å². The monoisotopic (exact) mass is 453 g/mol. The summed E-state index contributed by atoms with van der Waals surface area (Å²) in [7, 11) is 0. The molecule has 7 nitrogen and oxygen atoms in total. The van der Waals surface area contributed by atoms with Crippen molar-refractivity contribution in [3.8, 4) is 22.1 Å². The molecular weight excluding hydrogens is 422 g/mol. The Morgan fingerprint density at radius 2 is 2.22 bits per heavy atom. The van der Waals surface area contributed by atoms with Gasteiger partial charge in [0, 0.05) is 36.1 Å². The molecule has 2 atom stereocenters. The highest BCUT2D eigenvalue weighted by Gasteiger charge is 2.28. The maximum Gasteiger partial charge on any atom is 0.253 e. The van der Waals surface area contributed by atoms with Crippen LogP contribution >= 0.6 is 11.3 Å². The van der Waals surface area contributed by atoms with E-state index in [4.69, 9.17) is 9.72 Å². The van der Waals surface area contributed by atoms with Crippen LogP contribution in [-0.2, 0) is 4.74 Å². The third kappa shape index (κ3) is 4.76. The van der Waals surface area contributed by atoms with Gasteiger partial charge in [-0.05, 0) is 38.7 Å². The summed E-state index contributed by atoms with van der Waals surface area (Å²) in [6.07, 6.45) is 11.1. The lowest BCUT2D eigenvalue weighted by Gasteiger charge is -2.19. The van der Waals surface area contributed by atoms with Gasteiger partial charge < -0.3 is 14.6 Å². The van der Waals surface area contributed by atoms with Crippen molar-refractivity contribution in [3.05, 3.63) is 41.3 Å². The first-order chi connectivity index (χ1) is 15.6. The number of hydrogen-bond acceptors (Lipinski definition) is 6. The second-order valence-corrected chi connectivity index (χ2v) is 9.07. The van der Waals surface area contributed by atoms with Crippen molar-refractivity contribution in [1.29, 1.82) is 0 Å². The number of unbranched alkanes of at least 4 members (excludes halogenated alkanes) is 1. The number of thiazole rings is 1. The van der Waals surface area contributed by atoms with Crippen LogP contribution in [0.2, 0.25) is 0 Å². The molecule has 4 rings (SSSR count). The number of rotatable bonds is 9. The number of nitrogens with one attached hydrogen (secondary N) is 1. The number of ether oxygens (including phenoxy) is 1. The minimum atomic E-state index is -0.0738. The molecule has 0 aliphatic carbocycles. The molecule has 32 heavy (non-hydrogen) atoms. The summed E-state index contributed by atoms with van der Waals surface area (Å²) in [5.41, 5.74) is 4.09. The fourth-order valence-electron chi connectivity index (χ4n) is 4.19. The zero-order valence-electron chi connectivity index (χ0n) is 19.0. The third-order valence-corrected chi connectivity index (χ3v) is 6.88. The maximum absolute atomic E-state index is 13.2. The molecule has 1 fully saturated rings. The predicted molar refractivity (Wildman–Crippen MR) is 127 cm³/mol. The van der Waals surface area contributed by atoms with Crippen molar-refractivity contribution in [1.82, 2.24) is 24.8 Å². The van der Waals surface area contributed by atoms with Crippen molar-refractivity contribution in [3.63, 3.8) is 0 Å². The van der Waals surface area contributed by atoms with Crippen molar-refractivity contribution >= 4 is 17.2 Å². The van der Waals surface area contributed by atoms with Crippen LogP contribution in [0.15, 0.2) is 30.0 Å². The molecule has 3 aromatic heterocycles. The Bertz CT molecular complexity index is 1040. The molecule has 1 amide bonds. The van der Waals surface area contributed by atoms with Gasteiger partial charge in [0.2, 0.25) is 0 Å². The van der Waals surface area contributed by atoms with Gasteiger partial charge in [0.1, 0.15) is 16.9 Å².